The lowest BCUT2D eigenvalue weighted by Gasteiger charge is -2.38. The summed E-state index contributed by atoms with van der Waals surface area (Å²) in [6.07, 6.45) is 1.78. The first-order valence-corrected chi connectivity index (χ1v) is 6.74. The third-order valence-electron chi connectivity index (χ3n) is 3.25. The molecule has 1 aromatic rings. The first kappa shape index (κ1) is 13.6. The van der Waals surface area contributed by atoms with Gasteiger partial charge in [0, 0.05) is 18.7 Å². The molecule has 0 radical (unpaired) electrons. The molecule has 1 aliphatic heterocycles. The molecule has 1 saturated heterocycles. The lowest BCUT2D eigenvalue weighted by atomic mass is 9.94. The van der Waals surface area contributed by atoms with E-state index in [4.69, 9.17) is 29.6 Å². The minimum Gasteiger partial charge on any atom is -0.389 e. The average molecular weight is 285 g/mol. The van der Waals surface area contributed by atoms with E-state index in [1.165, 1.54) is 0 Å². The van der Waals surface area contributed by atoms with Crippen LogP contribution in [0.25, 0.3) is 0 Å². The lowest BCUT2D eigenvalue weighted by Crippen LogP contribution is -2.46. The van der Waals surface area contributed by atoms with Crippen molar-refractivity contribution in [3.8, 4) is 0 Å². The molecule has 3 nitrogen and oxygen atoms in total. The number of rotatable bonds is 2. The molecule has 3 N–H and O–H groups in total. The molecule has 2 rings (SSSR count). The van der Waals surface area contributed by atoms with Crippen molar-refractivity contribution < 1.29 is 5.11 Å². The molecule has 1 atom stereocenters. The number of aliphatic hydroxyl groups is 1. The van der Waals surface area contributed by atoms with Crippen LogP contribution in [-0.2, 0) is 0 Å². The SMILES string of the molecule is CC1(O)CCCN(c2ccc(C(N)=S)cc2Cl)C1. The van der Waals surface area contributed by atoms with Crippen LogP contribution >= 0.6 is 23.8 Å². The fourth-order valence-electron chi connectivity index (χ4n) is 2.34. The molecule has 1 fully saturated rings. The first-order chi connectivity index (χ1) is 8.39. The third kappa shape index (κ3) is 2.94. The van der Waals surface area contributed by atoms with Crippen LogP contribution in [0.2, 0.25) is 5.02 Å². The molecule has 0 saturated carbocycles. The van der Waals surface area contributed by atoms with Crippen LogP contribution in [0.1, 0.15) is 25.3 Å². The Hall–Kier alpha value is -0.840. The van der Waals surface area contributed by atoms with Crippen molar-refractivity contribution in [1.29, 1.82) is 0 Å². The van der Waals surface area contributed by atoms with Gasteiger partial charge in [-0.05, 0) is 38.0 Å². The molecule has 0 bridgehead atoms. The zero-order chi connectivity index (χ0) is 13.3. The summed E-state index contributed by atoms with van der Waals surface area (Å²) in [5.74, 6) is 0. The molecule has 1 aromatic carbocycles. The van der Waals surface area contributed by atoms with Crippen molar-refractivity contribution in [1.82, 2.24) is 0 Å². The van der Waals surface area contributed by atoms with E-state index in [-0.39, 0.29) is 0 Å². The molecule has 1 aliphatic rings. The fourth-order valence-corrected chi connectivity index (χ4v) is 2.77. The van der Waals surface area contributed by atoms with Gasteiger partial charge in [0.25, 0.3) is 0 Å². The van der Waals surface area contributed by atoms with Crippen molar-refractivity contribution in [2.75, 3.05) is 18.0 Å². The van der Waals surface area contributed by atoms with Crippen LogP contribution in [0.15, 0.2) is 18.2 Å². The topological polar surface area (TPSA) is 49.5 Å². The molecule has 18 heavy (non-hydrogen) atoms. The van der Waals surface area contributed by atoms with E-state index in [0.717, 1.165) is 30.6 Å². The highest BCUT2D eigenvalue weighted by Gasteiger charge is 2.29. The molecule has 0 aliphatic carbocycles. The van der Waals surface area contributed by atoms with Crippen LogP contribution < -0.4 is 10.6 Å². The van der Waals surface area contributed by atoms with Gasteiger partial charge in [-0.3, -0.25) is 0 Å². The number of anilines is 1. The van der Waals surface area contributed by atoms with E-state index in [0.29, 0.717) is 16.6 Å². The smallest absolute Gasteiger partial charge is 0.104 e. The van der Waals surface area contributed by atoms with Crippen LogP contribution in [-0.4, -0.2) is 28.8 Å². The maximum Gasteiger partial charge on any atom is 0.104 e. The van der Waals surface area contributed by atoms with Crippen molar-refractivity contribution in [2.45, 2.75) is 25.4 Å². The number of hydrogen-bond acceptors (Lipinski definition) is 3. The summed E-state index contributed by atoms with van der Waals surface area (Å²) in [6, 6.07) is 5.56. The highest BCUT2D eigenvalue weighted by molar-refractivity contribution is 7.80. The molecule has 0 spiro atoms. The van der Waals surface area contributed by atoms with Crippen molar-refractivity contribution in [3.63, 3.8) is 0 Å². The van der Waals surface area contributed by atoms with Crippen LogP contribution in [0, 0.1) is 0 Å². The Kier molecular flexibility index (Phi) is 3.80. The van der Waals surface area contributed by atoms with E-state index in [2.05, 4.69) is 4.90 Å². The molecule has 1 unspecified atom stereocenters. The number of piperidine rings is 1. The van der Waals surface area contributed by atoms with Crippen molar-refractivity contribution in [3.05, 3.63) is 28.8 Å². The Labute approximate surface area is 118 Å². The number of nitrogens with two attached hydrogens (primary N) is 1. The standard InChI is InChI=1S/C13H17ClN2OS/c1-13(17)5-2-6-16(8-13)11-4-3-9(12(15)18)7-10(11)14/h3-4,7,17H,2,5-6,8H2,1H3,(H2,15,18). The van der Waals surface area contributed by atoms with Crippen LogP contribution in [0.4, 0.5) is 5.69 Å². The Balaban J connectivity index is 2.26. The summed E-state index contributed by atoms with van der Waals surface area (Å²) in [6.45, 7) is 3.36. The maximum absolute atomic E-state index is 10.1. The number of hydrogen-bond donors (Lipinski definition) is 2. The number of β-amino-alcohol motifs (C(OH)–C–C–N with tert-alkyl or cyclic N) is 1. The quantitative estimate of drug-likeness (QED) is 0.819. The molecule has 5 heteroatoms. The highest BCUT2D eigenvalue weighted by atomic mass is 35.5. The van der Waals surface area contributed by atoms with Gasteiger partial charge in [-0.15, -0.1) is 0 Å². The Bertz CT molecular complexity index is 476. The number of thiocarbonyl (C=S) groups is 1. The Morgan fingerprint density at radius 3 is 2.83 bits per heavy atom. The van der Waals surface area contributed by atoms with Gasteiger partial charge in [0.1, 0.15) is 4.99 Å². The van der Waals surface area contributed by atoms with Gasteiger partial charge in [0.05, 0.1) is 16.3 Å². The second kappa shape index (κ2) is 5.03. The minimum atomic E-state index is -0.649. The molecule has 98 valence electrons. The predicted molar refractivity (Wildman–Crippen MR) is 79.4 cm³/mol. The van der Waals surface area contributed by atoms with Crippen LogP contribution in [0.3, 0.4) is 0 Å². The van der Waals surface area contributed by atoms with E-state index >= 15 is 0 Å². The number of halogens is 1. The van der Waals surface area contributed by atoms with Gasteiger partial charge in [-0.1, -0.05) is 23.8 Å². The molecule has 1 heterocycles. The van der Waals surface area contributed by atoms with E-state index < -0.39 is 5.60 Å². The van der Waals surface area contributed by atoms with E-state index in [1.807, 2.05) is 19.1 Å². The third-order valence-corrected chi connectivity index (χ3v) is 3.79. The minimum absolute atomic E-state index is 0.342. The molecular formula is C13H17ClN2OS. The fraction of sp³-hybridized carbons (Fsp3) is 0.462. The van der Waals surface area contributed by atoms with Gasteiger partial charge < -0.3 is 15.7 Å². The zero-order valence-electron chi connectivity index (χ0n) is 10.3. The first-order valence-electron chi connectivity index (χ1n) is 5.96. The summed E-state index contributed by atoms with van der Waals surface area (Å²) < 4.78 is 0. The molecule has 0 amide bonds. The van der Waals surface area contributed by atoms with Gasteiger partial charge in [0.15, 0.2) is 0 Å². The summed E-state index contributed by atoms with van der Waals surface area (Å²) >= 11 is 11.2. The molecule has 0 aromatic heterocycles. The van der Waals surface area contributed by atoms with E-state index in [1.54, 1.807) is 6.07 Å². The van der Waals surface area contributed by atoms with Gasteiger partial charge >= 0.3 is 0 Å². The maximum atomic E-state index is 10.1. The van der Waals surface area contributed by atoms with Crippen molar-refractivity contribution >= 4 is 34.5 Å². The summed E-state index contributed by atoms with van der Waals surface area (Å²) in [7, 11) is 0. The van der Waals surface area contributed by atoms with Gasteiger partial charge in [0.2, 0.25) is 0 Å². The zero-order valence-corrected chi connectivity index (χ0v) is 11.9. The summed E-state index contributed by atoms with van der Waals surface area (Å²) in [4.78, 5) is 2.45. The highest BCUT2D eigenvalue weighted by Crippen LogP contribution is 2.31. The lowest BCUT2D eigenvalue weighted by molar-refractivity contribution is 0.0449. The molecular weight excluding hydrogens is 268 g/mol. The summed E-state index contributed by atoms with van der Waals surface area (Å²) in [5.41, 5.74) is 6.62. The monoisotopic (exact) mass is 284 g/mol. The average Bonchev–Trinajstić information content (AvgIpc) is 2.27. The second-order valence-electron chi connectivity index (χ2n) is 5.05. The van der Waals surface area contributed by atoms with Crippen molar-refractivity contribution in [2.24, 2.45) is 5.73 Å². The second-order valence-corrected chi connectivity index (χ2v) is 5.90. The van der Waals surface area contributed by atoms with Gasteiger partial charge in [-0.25, -0.2) is 0 Å². The van der Waals surface area contributed by atoms with Crippen LogP contribution in [0.5, 0.6) is 0 Å². The number of nitrogens with zero attached hydrogens (tertiary/aromatic N) is 1. The normalized spacial score (nSPS) is 24.1. The number of benzene rings is 1. The predicted octanol–water partition coefficient (Wildman–Crippen LogP) is 2.33. The van der Waals surface area contributed by atoms with Gasteiger partial charge in [-0.2, -0.15) is 0 Å². The Morgan fingerprint density at radius 2 is 2.28 bits per heavy atom. The van der Waals surface area contributed by atoms with E-state index in [9.17, 15) is 5.11 Å². The Morgan fingerprint density at radius 1 is 1.56 bits per heavy atom. The summed E-state index contributed by atoms with van der Waals surface area (Å²) in [5, 5.41) is 10.7. The largest absolute Gasteiger partial charge is 0.389 e.